The highest BCUT2D eigenvalue weighted by atomic mass is 28.4. The molecule has 0 aliphatic carbocycles. The minimum Gasteiger partial charge on any atom is -0.410 e. The fourth-order valence-corrected chi connectivity index (χ4v) is 7.82. The molecule has 41 heavy (non-hydrogen) atoms. The van der Waals surface area contributed by atoms with Gasteiger partial charge in [-0.25, -0.2) is 0 Å². The highest BCUT2D eigenvalue weighted by Gasteiger charge is 2.46. The van der Waals surface area contributed by atoms with Crippen LogP contribution in [0.5, 0.6) is 0 Å². The summed E-state index contributed by atoms with van der Waals surface area (Å²) in [5, 5.41) is 0.185. The average molecular weight is 567 g/mol. The van der Waals surface area contributed by atoms with Gasteiger partial charge in [0.05, 0.1) is 11.6 Å². The molecule has 1 unspecified atom stereocenters. The number of rotatable bonds is 8. The van der Waals surface area contributed by atoms with E-state index in [1.807, 2.05) is 0 Å². The molecule has 0 spiro atoms. The Morgan fingerprint density at radius 3 is 1.68 bits per heavy atom. The molecule has 1 atom stereocenters. The van der Waals surface area contributed by atoms with Gasteiger partial charge >= 0.3 is 0 Å². The molecule has 218 valence electrons. The molecular formula is C37H50N2OSi. The van der Waals surface area contributed by atoms with Crippen LogP contribution < -0.4 is 0 Å². The number of likely N-dealkylation sites (tertiary alicyclic amines) is 2. The van der Waals surface area contributed by atoms with Gasteiger partial charge in [0.1, 0.15) is 0 Å². The normalized spacial score (nSPS) is 20.8. The molecule has 2 aliphatic rings. The van der Waals surface area contributed by atoms with E-state index in [0.29, 0.717) is 0 Å². The SMILES string of the molecule is CC(C)(C)[Si](C)(C)OC1CCN(C(c2ccccc2)(c2ccccc2)c2ccccc2)C/C1=C/CN1CCCCC1. The van der Waals surface area contributed by atoms with E-state index in [1.54, 1.807) is 0 Å². The van der Waals surface area contributed by atoms with Crippen molar-refractivity contribution in [3.8, 4) is 0 Å². The van der Waals surface area contributed by atoms with Crippen LogP contribution in [0.3, 0.4) is 0 Å². The summed E-state index contributed by atoms with van der Waals surface area (Å²) in [6.07, 6.45) is 7.73. The molecule has 2 aliphatic heterocycles. The highest BCUT2D eigenvalue weighted by Crippen LogP contribution is 2.45. The van der Waals surface area contributed by atoms with Crippen molar-refractivity contribution in [2.45, 2.75) is 76.2 Å². The topological polar surface area (TPSA) is 15.7 Å². The molecule has 3 aromatic carbocycles. The number of piperidine rings is 2. The molecule has 5 rings (SSSR count). The Morgan fingerprint density at radius 1 is 0.732 bits per heavy atom. The van der Waals surface area contributed by atoms with E-state index in [-0.39, 0.29) is 11.1 Å². The van der Waals surface area contributed by atoms with Crippen molar-refractivity contribution in [3.63, 3.8) is 0 Å². The standard InChI is InChI=1S/C37H50N2OSi/c1-36(2,3)41(4,5)40-35-25-29-39(30-31(35)24-28-38-26-16-9-17-27-38)37(32-18-10-6-11-19-32,33-20-12-7-13-21-33)34-22-14-8-15-23-34/h6-8,10-15,18-24,35H,9,16-17,25-30H2,1-5H3/b31-24-. The van der Waals surface area contributed by atoms with Gasteiger partial charge in [-0.1, -0.05) is 124 Å². The molecule has 0 amide bonds. The van der Waals surface area contributed by atoms with Gasteiger partial charge in [0.2, 0.25) is 0 Å². The van der Waals surface area contributed by atoms with Crippen LogP contribution in [0, 0.1) is 0 Å². The van der Waals surface area contributed by atoms with Crippen molar-refractivity contribution in [1.82, 2.24) is 9.80 Å². The number of benzene rings is 3. The fourth-order valence-electron chi connectivity index (χ4n) is 6.48. The lowest BCUT2D eigenvalue weighted by atomic mass is 9.74. The second kappa shape index (κ2) is 12.8. The monoisotopic (exact) mass is 566 g/mol. The Morgan fingerprint density at radius 2 is 1.22 bits per heavy atom. The van der Waals surface area contributed by atoms with E-state index in [4.69, 9.17) is 4.43 Å². The minimum absolute atomic E-state index is 0.178. The molecule has 2 saturated heterocycles. The van der Waals surface area contributed by atoms with E-state index in [1.165, 1.54) is 54.6 Å². The van der Waals surface area contributed by atoms with Crippen LogP contribution in [0.4, 0.5) is 0 Å². The minimum atomic E-state index is -1.94. The summed E-state index contributed by atoms with van der Waals surface area (Å²) >= 11 is 0. The number of hydrogen-bond acceptors (Lipinski definition) is 3. The molecule has 2 heterocycles. The Kier molecular flexibility index (Phi) is 9.35. The van der Waals surface area contributed by atoms with E-state index in [0.717, 1.165) is 26.1 Å². The highest BCUT2D eigenvalue weighted by molar-refractivity contribution is 6.74. The van der Waals surface area contributed by atoms with Gasteiger partial charge in [-0.2, -0.15) is 0 Å². The largest absolute Gasteiger partial charge is 0.410 e. The lowest BCUT2D eigenvalue weighted by Gasteiger charge is -2.50. The first-order chi connectivity index (χ1) is 19.7. The molecule has 3 nitrogen and oxygen atoms in total. The van der Waals surface area contributed by atoms with Crippen molar-refractivity contribution >= 4 is 8.32 Å². The summed E-state index contributed by atoms with van der Waals surface area (Å²) in [5.41, 5.74) is 5.01. The van der Waals surface area contributed by atoms with Gasteiger partial charge in [0.15, 0.2) is 8.32 Å². The van der Waals surface area contributed by atoms with Crippen molar-refractivity contribution in [2.75, 3.05) is 32.7 Å². The van der Waals surface area contributed by atoms with Crippen LogP contribution in [-0.4, -0.2) is 56.9 Å². The lowest BCUT2D eigenvalue weighted by molar-refractivity contribution is 0.0897. The summed E-state index contributed by atoms with van der Waals surface area (Å²) in [4.78, 5) is 5.37. The van der Waals surface area contributed by atoms with Gasteiger partial charge < -0.3 is 4.43 Å². The van der Waals surface area contributed by atoms with Crippen LogP contribution >= 0.6 is 0 Å². The maximum atomic E-state index is 7.20. The van der Waals surface area contributed by atoms with Gasteiger partial charge in [-0.05, 0) is 72.7 Å². The Hall–Kier alpha value is -2.50. The van der Waals surface area contributed by atoms with E-state index in [9.17, 15) is 0 Å². The van der Waals surface area contributed by atoms with E-state index >= 15 is 0 Å². The smallest absolute Gasteiger partial charge is 0.192 e. The third-order valence-corrected chi connectivity index (χ3v) is 14.3. The Balaban J connectivity index is 1.59. The molecule has 0 N–H and O–H groups in total. The summed E-state index contributed by atoms with van der Waals surface area (Å²) in [5.74, 6) is 0. The molecule has 3 aromatic rings. The lowest BCUT2D eigenvalue weighted by Crippen LogP contribution is -2.55. The molecule has 0 bridgehead atoms. The predicted octanol–water partition coefficient (Wildman–Crippen LogP) is 8.49. The van der Waals surface area contributed by atoms with Gasteiger partial charge in [-0.3, -0.25) is 9.80 Å². The first-order valence-electron chi connectivity index (χ1n) is 15.7. The van der Waals surface area contributed by atoms with Crippen LogP contribution in [0.2, 0.25) is 18.1 Å². The fraction of sp³-hybridized carbons (Fsp3) is 0.459. The van der Waals surface area contributed by atoms with Gasteiger partial charge in [-0.15, -0.1) is 0 Å². The second-order valence-electron chi connectivity index (χ2n) is 13.5. The van der Waals surface area contributed by atoms with Crippen LogP contribution in [-0.2, 0) is 9.96 Å². The van der Waals surface area contributed by atoms with Gasteiger partial charge in [0.25, 0.3) is 0 Å². The molecular weight excluding hydrogens is 517 g/mol. The summed E-state index contributed by atoms with van der Waals surface area (Å²) in [7, 11) is -1.94. The molecule has 2 fully saturated rings. The number of nitrogens with zero attached hydrogens (tertiary/aromatic N) is 2. The van der Waals surface area contributed by atoms with Crippen molar-refractivity contribution in [2.24, 2.45) is 0 Å². The first kappa shape index (κ1) is 30.0. The predicted molar refractivity (Wildman–Crippen MR) is 176 cm³/mol. The average Bonchev–Trinajstić information content (AvgIpc) is 2.99. The zero-order valence-electron chi connectivity index (χ0n) is 26.0. The van der Waals surface area contributed by atoms with Crippen LogP contribution in [0.1, 0.15) is 63.1 Å². The first-order valence-corrected chi connectivity index (χ1v) is 18.6. The zero-order valence-corrected chi connectivity index (χ0v) is 27.0. The van der Waals surface area contributed by atoms with Crippen LogP contribution in [0.15, 0.2) is 103 Å². The quantitative estimate of drug-likeness (QED) is 0.154. The molecule has 0 aromatic heterocycles. The van der Waals surface area contributed by atoms with Crippen molar-refractivity contribution < 1.29 is 4.43 Å². The third-order valence-electron chi connectivity index (χ3n) is 9.80. The summed E-state index contributed by atoms with van der Waals surface area (Å²) in [6.45, 7) is 17.2. The van der Waals surface area contributed by atoms with Crippen LogP contribution in [0.25, 0.3) is 0 Å². The third kappa shape index (κ3) is 6.46. The zero-order chi connectivity index (χ0) is 28.9. The summed E-state index contributed by atoms with van der Waals surface area (Å²) in [6, 6.07) is 33.4. The van der Waals surface area contributed by atoms with E-state index < -0.39 is 13.9 Å². The van der Waals surface area contributed by atoms with Crippen molar-refractivity contribution in [3.05, 3.63) is 119 Å². The number of hydrogen-bond donors (Lipinski definition) is 0. The maximum Gasteiger partial charge on any atom is 0.192 e. The second-order valence-corrected chi connectivity index (χ2v) is 18.3. The maximum absolute atomic E-state index is 7.20. The molecule has 0 radical (unpaired) electrons. The molecule has 4 heteroatoms. The van der Waals surface area contributed by atoms with E-state index in [2.05, 4.69) is 141 Å². The van der Waals surface area contributed by atoms with Gasteiger partial charge in [0, 0.05) is 19.6 Å². The van der Waals surface area contributed by atoms with Crippen molar-refractivity contribution in [1.29, 1.82) is 0 Å². The Bertz CT molecular complexity index is 1160. The Labute approximate surface area is 250 Å². The summed E-state index contributed by atoms with van der Waals surface area (Å²) < 4.78 is 7.20. The molecule has 0 saturated carbocycles.